The first-order valence-corrected chi connectivity index (χ1v) is 6.21. The van der Waals surface area contributed by atoms with E-state index in [1.807, 2.05) is 16.7 Å². The summed E-state index contributed by atoms with van der Waals surface area (Å²) in [6.07, 6.45) is 1.87. The fourth-order valence-electron chi connectivity index (χ4n) is 1.47. The standard InChI is InChI=1S/C10H19NOS/c1-9(2)8-10(12)11-4-3-6-13-7-5-11/h9H,3-8H2,1-2H3. The monoisotopic (exact) mass is 201 g/mol. The lowest BCUT2D eigenvalue weighted by molar-refractivity contribution is -0.131. The molecule has 1 aliphatic heterocycles. The maximum atomic E-state index is 11.7. The van der Waals surface area contributed by atoms with Crippen molar-refractivity contribution in [3.63, 3.8) is 0 Å². The van der Waals surface area contributed by atoms with Crippen molar-refractivity contribution in [2.24, 2.45) is 5.92 Å². The zero-order chi connectivity index (χ0) is 9.68. The van der Waals surface area contributed by atoms with Gasteiger partial charge in [0.2, 0.25) is 5.91 Å². The summed E-state index contributed by atoms with van der Waals surface area (Å²) in [4.78, 5) is 13.7. The molecule has 1 saturated heterocycles. The molecular weight excluding hydrogens is 182 g/mol. The Morgan fingerprint density at radius 3 is 2.85 bits per heavy atom. The molecule has 0 unspecified atom stereocenters. The van der Waals surface area contributed by atoms with E-state index in [0.717, 1.165) is 25.3 Å². The van der Waals surface area contributed by atoms with Crippen LogP contribution >= 0.6 is 11.8 Å². The van der Waals surface area contributed by atoms with Crippen LogP contribution in [0.5, 0.6) is 0 Å². The van der Waals surface area contributed by atoms with E-state index in [0.29, 0.717) is 18.2 Å². The van der Waals surface area contributed by atoms with Gasteiger partial charge in [-0.05, 0) is 18.1 Å². The highest BCUT2D eigenvalue weighted by Crippen LogP contribution is 2.12. The van der Waals surface area contributed by atoms with E-state index in [-0.39, 0.29) is 0 Å². The van der Waals surface area contributed by atoms with Crippen LogP contribution in [0.2, 0.25) is 0 Å². The summed E-state index contributed by atoms with van der Waals surface area (Å²) in [5, 5.41) is 0. The van der Waals surface area contributed by atoms with Gasteiger partial charge in [0.05, 0.1) is 0 Å². The van der Waals surface area contributed by atoms with Crippen LogP contribution in [-0.2, 0) is 4.79 Å². The minimum Gasteiger partial charge on any atom is -0.342 e. The lowest BCUT2D eigenvalue weighted by Gasteiger charge is -2.20. The Balaban J connectivity index is 2.35. The highest BCUT2D eigenvalue weighted by atomic mass is 32.2. The number of amides is 1. The summed E-state index contributed by atoms with van der Waals surface area (Å²) < 4.78 is 0. The lowest BCUT2D eigenvalue weighted by Crippen LogP contribution is -2.33. The van der Waals surface area contributed by atoms with Crippen LogP contribution in [0.25, 0.3) is 0 Å². The van der Waals surface area contributed by atoms with Crippen LogP contribution < -0.4 is 0 Å². The average Bonchev–Trinajstić information content (AvgIpc) is 2.29. The van der Waals surface area contributed by atoms with Gasteiger partial charge in [-0.25, -0.2) is 0 Å². The van der Waals surface area contributed by atoms with Crippen molar-refractivity contribution in [2.75, 3.05) is 24.6 Å². The third-order valence-electron chi connectivity index (χ3n) is 2.16. The Hall–Kier alpha value is -0.180. The Bertz CT molecular complexity index is 162. The van der Waals surface area contributed by atoms with Crippen LogP contribution in [0.4, 0.5) is 0 Å². The van der Waals surface area contributed by atoms with Gasteiger partial charge in [0.15, 0.2) is 0 Å². The highest BCUT2D eigenvalue weighted by molar-refractivity contribution is 7.99. The Morgan fingerprint density at radius 1 is 1.38 bits per heavy atom. The van der Waals surface area contributed by atoms with Gasteiger partial charge in [0.25, 0.3) is 0 Å². The van der Waals surface area contributed by atoms with Crippen molar-refractivity contribution in [1.82, 2.24) is 4.90 Å². The van der Waals surface area contributed by atoms with Gasteiger partial charge in [-0.1, -0.05) is 13.8 Å². The Labute approximate surface area is 85.1 Å². The third-order valence-corrected chi connectivity index (χ3v) is 3.21. The van der Waals surface area contributed by atoms with E-state index in [2.05, 4.69) is 13.8 Å². The predicted molar refractivity (Wildman–Crippen MR) is 58.0 cm³/mol. The van der Waals surface area contributed by atoms with Gasteiger partial charge >= 0.3 is 0 Å². The summed E-state index contributed by atoms with van der Waals surface area (Å²) in [5.41, 5.74) is 0. The molecule has 1 rings (SSSR count). The quantitative estimate of drug-likeness (QED) is 0.681. The van der Waals surface area contributed by atoms with Crippen LogP contribution in [-0.4, -0.2) is 35.4 Å². The maximum Gasteiger partial charge on any atom is 0.222 e. The zero-order valence-corrected chi connectivity index (χ0v) is 9.40. The molecule has 0 aromatic rings. The number of thioether (sulfide) groups is 1. The molecule has 3 heteroatoms. The van der Waals surface area contributed by atoms with E-state index in [1.165, 1.54) is 5.75 Å². The van der Waals surface area contributed by atoms with Crippen molar-refractivity contribution in [3.05, 3.63) is 0 Å². The molecule has 2 nitrogen and oxygen atoms in total. The largest absolute Gasteiger partial charge is 0.342 e. The Kier molecular flexibility index (Phi) is 4.64. The predicted octanol–water partition coefficient (Wildman–Crippen LogP) is 2.00. The number of carbonyl (C=O) groups is 1. The fourth-order valence-corrected chi connectivity index (χ4v) is 2.36. The zero-order valence-electron chi connectivity index (χ0n) is 8.58. The van der Waals surface area contributed by atoms with Crippen molar-refractivity contribution >= 4 is 17.7 Å². The SMILES string of the molecule is CC(C)CC(=O)N1CCCSCC1. The van der Waals surface area contributed by atoms with Crippen molar-refractivity contribution in [1.29, 1.82) is 0 Å². The van der Waals surface area contributed by atoms with E-state index in [9.17, 15) is 4.79 Å². The molecule has 0 aliphatic carbocycles. The van der Waals surface area contributed by atoms with Gasteiger partial charge in [-0.15, -0.1) is 0 Å². The third kappa shape index (κ3) is 4.03. The second-order valence-electron chi connectivity index (χ2n) is 3.94. The second kappa shape index (κ2) is 5.53. The number of carbonyl (C=O) groups excluding carboxylic acids is 1. The number of hydrogen-bond donors (Lipinski definition) is 0. The molecule has 1 amide bonds. The van der Waals surface area contributed by atoms with Crippen LogP contribution in [0.3, 0.4) is 0 Å². The minimum absolute atomic E-state index is 0.345. The highest BCUT2D eigenvalue weighted by Gasteiger charge is 2.15. The van der Waals surface area contributed by atoms with E-state index in [1.54, 1.807) is 0 Å². The molecule has 0 saturated carbocycles. The molecule has 0 aromatic carbocycles. The molecule has 1 aliphatic rings. The van der Waals surface area contributed by atoms with Crippen LogP contribution in [0.1, 0.15) is 26.7 Å². The Morgan fingerprint density at radius 2 is 2.15 bits per heavy atom. The van der Waals surface area contributed by atoms with Crippen LogP contribution in [0.15, 0.2) is 0 Å². The molecule has 1 fully saturated rings. The van der Waals surface area contributed by atoms with E-state index >= 15 is 0 Å². The van der Waals surface area contributed by atoms with Gasteiger partial charge in [-0.3, -0.25) is 4.79 Å². The molecule has 0 bridgehead atoms. The summed E-state index contributed by atoms with van der Waals surface area (Å²) in [7, 11) is 0. The maximum absolute atomic E-state index is 11.7. The summed E-state index contributed by atoms with van der Waals surface area (Å²) in [6, 6.07) is 0. The van der Waals surface area contributed by atoms with Crippen molar-refractivity contribution < 1.29 is 4.79 Å². The van der Waals surface area contributed by atoms with Gasteiger partial charge in [0, 0.05) is 25.3 Å². The fraction of sp³-hybridized carbons (Fsp3) is 0.900. The lowest BCUT2D eigenvalue weighted by atomic mass is 10.1. The molecule has 13 heavy (non-hydrogen) atoms. The van der Waals surface area contributed by atoms with Gasteiger partial charge in [0.1, 0.15) is 0 Å². The van der Waals surface area contributed by atoms with Crippen LogP contribution in [0, 0.1) is 5.92 Å². The van der Waals surface area contributed by atoms with Gasteiger partial charge < -0.3 is 4.90 Å². The second-order valence-corrected chi connectivity index (χ2v) is 5.17. The van der Waals surface area contributed by atoms with Crippen molar-refractivity contribution in [3.8, 4) is 0 Å². The molecule has 0 atom stereocenters. The molecule has 0 N–H and O–H groups in total. The first-order chi connectivity index (χ1) is 6.20. The summed E-state index contributed by atoms with van der Waals surface area (Å²) >= 11 is 1.96. The van der Waals surface area contributed by atoms with Gasteiger partial charge in [-0.2, -0.15) is 11.8 Å². The normalized spacial score (nSPS) is 18.8. The first kappa shape index (κ1) is 10.9. The summed E-state index contributed by atoms with van der Waals surface area (Å²) in [6.45, 7) is 6.13. The number of rotatable bonds is 2. The molecule has 0 radical (unpaired) electrons. The van der Waals surface area contributed by atoms with Crippen molar-refractivity contribution in [2.45, 2.75) is 26.7 Å². The number of hydrogen-bond acceptors (Lipinski definition) is 2. The number of nitrogens with zero attached hydrogens (tertiary/aromatic N) is 1. The summed E-state index contributed by atoms with van der Waals surface area (Å²) in [5.74, 6) is 3.16. The topological polar surface area (TPSA) is 20.3 Å². The average molecular weight is 201 g/mol. The van der Waals surface area contributed by atoms with E-state index < -0.39 is 0 Å². The molecule has 76 valence electrons. The first-order valence-electron chi connectivity index (χ1n) is 5.05. The molecular formula is C10H19NOS. The van der Waals surface area contributed by atoms with E-state index in [4.69, 9.17) is 0 Å². The molecule has 0 aromatic heterocycles. The molecule has 1 heterocycles. The molecule has 0 spiro atoms. The smallest absolute Gasteiger partial charge is 0.222 e. The minimum atomic E-state index is 0.345.